The van der Waals surface area contributed by atoms with Gasteiger partial charge in [0.05, 0.1) is 12.5 Å². The van der Waals surface area contributed by atoms with E-state index in [1.807, 2.05) is 24.3 Å². The first-order valence-corrected chi connectivity index (χ1v) is 11.1. The summed E-state index contributed by atoms with van der Waals surface area (Å²) in [7, 11) is -1.73. The van der Waals surface area contributed by atoms with E-state index in [0.29, 0.717) is 26.2 Å². The van der Waals surface area contributed by atoms with Crippen LogP contribution in [0.1, 0.15) is 0 Å². The van der Waals surface area contributed by atoms with Crippen molar-refractivity contribution in [2.24, 2.45) is 0 Å². The van der Waals surface area contributed by atoms with Crippen LogP contribution >= 0.6 is 11.3 Å². The molecule has 1 aliphatic rings. The molecule has 0 N–H and O–H groups in total. The Morgan fingerprint density at radius 2 is 1.86 bits per heavy atom. The van der Waals surface area contributed by atoms with Crippen LogP contribution in [0.15, 0.2) is 48.6 Å². The third kappa shape index (κ3) is 3.48. The number of anilines is 1. The average molecular weight is 417 g/mol. The standard InChI is InChI=1S/C19H20N4O3S2/c1-3-28(24,25)23-10-8-22(9-11-23)18-16-12-17(27-19(16)21-13-20-18)14-4-6-15(26-2)7-5-14/h3-7,12-13H,1,8-11H2,2H3. The molecule has 7 nitrogen and oxygen atoms in total. The number of thiophene rings is 1. The highest BCUT2D eigenvalue weighted by molar-refractivity contribution is 7.92. The van der Waals surface area contributed by atoms with Crippen LogP contribution in [0, 0.1) is 0 Å². The predicted molar refractivity (Wildman–Crippen MR) is 112 cm³/mol. The summed E-state index contributed by atoms with van der Waals surface area (Å²) in [5.74, 6) is 1.66. The number of benzene rings is 1. The van der Waals surface area contributed by atoms with Crippen LogP contribution in [-0.2, 0) is 10.0 Å². The number of fused-ring (bicyclic) bond motifs is 1. The Kier molecular flexibility index (Phi) is 5.05. The lowest BCUT2D eigenvalue weighted by molar-refractivity contribution is 0.389. The fraction of sp³-hybridized carbons (Fsp3) is 0.263. The molecule has 1 saturated heterocycles. The molecule has 0 amide bonds. The van der Waals surface area contributed by atoms with Gasteiger partial charge in [0.2, 0.25) is 10.0 Å². The zero-order valence-electron chi connectivity index (χ0n) is 15.4. The zero-order chi connectivity index (χ0) is 19.7. The van der Waals surface area contributed by atoms with Gasteiger partial charge in [0.1, 0.15) is 22.7 Å². The fourth-order valence-electron chi connectivity index (χ4n) is 3.25. The second-order valence-electron chi connectivity index (χ2n) is 6.35. The van der Waals surface area contributed by atoms with E-state index in [9.17, 15) is 8.42 Å². The average Bonchev–Trinajstić information content (AvgIpc) is 3.18. The molecule has 4 rings (SSSR count). The number of aromatic nitrogens is 2. The third-order valence-corrected chi connectivity index (χ3v) is 7.39. The maximum absolute atomic E-state index is 12.0. The first-order valence-electron chi connectivity index (χ1n) is 8.78. The highest BCUT2D eigenvalue weighted by atomic mass is 32.2. The minimum Gasteiger partial charge on any atom is -0.497 e. The van der Waals surface area contributed by atoms with Crippen LogP contribution < -0.4 is 9.64 Å². The van der Waals surface area contributed by atoms with Gasteiger partial charge in [0.25, 0.3) is 0 Å². The smallest absolute Gasteiger partial charge is 0.235 e. The number of piperazine rings is 1. The van der Waals surface area contributed by atoms with Gasteiger partial charge in [-0.15, -0.1) is 11.3 Å². The summed E-state index contributed by atoms with van der Waals surface area (Å²) in [5.41, 5.74) is 1.09. The Balaban J connectivity index is 1.62. The lowest BCUT2D eigenvalue weighted by atomic mass is 10.1. The molecule has 0 radical (unpaired) electrons. The number of sulfonamides is 1. The van der Waals surface area contributed by atoms with Crippen molar-refractivity contribution in [3.05, 3.63) is 48.6 Å². The lowest BCUT2D eigenvalue weighted by Crippen LogP contribution is -2.48. The van der Waals surface area contributed by atoms with Crippen molar-refractivity contribution in [2.45, 2.75) is 0 Å². The molecule has 1 aromatic carbocycles. The lowest BCUT2D eigenvalue weighted by Gasteiger charge is -2.34. The Morgan fingerprint density at radius 1 is 1.14 bits per heavy atom. The molecule has 2 aromatic heterocycles. The Bertz CT molecular complexity index is 1100. The van der Waals surface area contributed by atoms with Crippen molar-refractivity contribution in [2.75, 3.05) is 38.2 Å². The van der Waals surface area contributed by atoms with Crippen LogP contribution in [-0.4, -0.2) is 56.0 Å². The maximum atomic E-state index is 12.0. The predicted octanol–water partition coefficient (Wildman–Crippen LogP) is 2.96. The molecular formula is C19H20N4O3S2. The summed E-state index contributed by atoms with van der Waals surface area (Å²) in [6.45, 7) is 5.37. The van der Waals surface area contributed by atoms with Gasteiger partial charge in [-0.3, -0.25) is 0 Å². The van der Waals surface area contributed by atoms with Crippen molar-refractivity contribution in [1.82, 2.24) is 14.3 Å². The Hall–Kier alpha value is -2.49. The van der Waals surface area contributed by atoms with Gasteiger partial charge < -0.3 is 9.64 Å². The van der Waals surface area contributed by atoms with Gasteiger partial charge in [-0.1, -0.05) is 6.58 Å². The minimum atomic E-state index is -3.38. The second-order valence-corrected chi connectivity index (χ2v) is 9.26. The van der Waals surface area contributed by atoms with E-state index >= 15 is 0 Å². The van der Waals surface area contributed by atoms with Crippen molar-refractivity contribution in [3.63, 3.8) is 0 Å². The number of rotatable bonds is 5. The van der Waals surface area contributed by atoms with Gasteiger partial charge >= 0.3 is 0 Å². The zero-order valence-corrected chi connectivity index (χ0v) is 17.0. The summed E-state index contributed by atoms with van der Waals surface area (Å²) in [4.78, 5) is 13.0. The number of hydrogen-bond donors (Lipinski definition) is 0. The molecular weight excluding hydrogens is 396 g/mol. The highest BCUT2D eigenvalue weighted by Crippen LogP contribution is 2.36. The molecule has 0 aliphatic carbocycles. The second kappa shape index (κ2) is 7.50. The van der Waals surface area contributed by atoms with E-state index in [2.05, 4.69) is 27.5 Å². The largest absolute Gasteiger partial charge is 0.497 e. The molecule has 1 aliphatic heterocycles. The molecule has 146 valence electrons. The molecule has 9 heteroatoms. The molecule has 0 spiro atoms. The minimum absolute atomic E-state index is 0.412. The molecule has 3 heterocycles. The highest BCUT2D eigenvalue weighted by Gasteiger charge is 2.26. The number of ether oxygens (including phenoxy) is 1. The molecule has 3 aromatic rings. The first kappa shape index (κ1) is 18.9. The van der Waals surface area contributed by atoms with E-state index in [4.69, 9.17) is 4.74 Å². The molecule has 0 atom stereocenters. The van der Waals surface area contributed by atoms with Crippen molar-refractivity contribution in [3.8, 4) is 16.2 Å². The maximum Gasteiger partial charge on any atom is 0.235 e. The molecule has 0 unspecified atom stereocenters. The molecule has 0 bridgehead atoms. The van der Waals surface area contributed by atoms with E-state index in [0.717, 1.165) is 37.6 Å². The van der Waals surface area contributed by atoms with Gasteiger partial charge in [0, 0.05) is 36.5 Å². The van der Waals surface area contributed by atoms with E-state index in [1.54, 1.807) is 24.8 Å². The van der Waals surface area contributed by atoms with Crippen molar-refractivity contribution >= 4 is 37.4 Å². The SMILES string of the molecule is C=CS(=O)(=O)N1CCN(c2ncnc3sc(-c4ccc(OC)cc4)cc23)CC1. The first-order chi connectivity index (χ1) is 13.5. The van der Waals surface area contributed by atoms with E-state index < -0.39 is 10.0 Å². The van der Waals surface area contributed by atoms with Crippen molar-refractivity contribution in [1.29, 1.82) is 0 Å². The molecule has 0 saturated carbocycles. The van der Waals surface area contributed by atoms with Crippen LogP contribution in [0.2, 0.25) is 0 Å². The summed E-state index contributed by atoms with van der Waals surface area (Å²) in [5, 5.41) is 1.99. The quantitative estimate of drug-likeness (QED) is 0.637. The summed E-state index contributed by atoms with van der Waals surface area (Å²) in [6.07, 6.45) is 1.57. The van der Waals surface area contributed by atoms with E-state index in [1.165, 1.54) is 4.31 Å². The number of nitrogens with zero attached hydrogens (tertiary/aromatic N) is 4. The van der Waals surface area contributed by atoms with Crippen molar-refractivity contribution < 1.29 is 13.2 Å². The van der Waals surface area contributed by atoms with Gasteiger partial charge in [-0.05, 0) is 35.9 Å². The third-order valence-electron chi connectivity index (χ3n) is 4.79. The Labute approximate surface area is 168 Å². The topological polar surface area (TPSA) is 75.6 Å². The van der Waals surface area contributed by atoms with Crippen LogP contribution in [0.25, 0.3) is 20.7 Å². The summed E-state index contributed by atoms with van der Waals surface area (Å²) >= 11 is 1.61. The van der Waals surface area contributed by atoms with Crippen LogP contribution in [0.4, 0.5) is 5.82 Å². The fourth-order valence-corrected chi connectivity index (χ4v) is 5.13. The van der Waals surface area contributed by atoms with Gasteiger partial charge in [0.15, 0.2) is 0 Å². The summed E-state index contributed by atoms with van der Waals surface area (Å²) in [6, 6.07) is 10.0. The molecule has 28 heavy (non-hydrogen) atoms. The number of hydrogen-bond acceptors (Lipinski definition) is 7. The van der Waals surface area contributed by atoms with Gasteiger partial charge in [-0.2, -0.15) is 4.31 Å². The van der Waals surface area contributed by atoms with E-state index in [-0.39, 0.29) is 0 Å². The normalized spacial score (nSPS) is 15.7. The molecule has 1 fully saturated rings. The number of methoxy groups -OCH3 is 1. The summed E-state index contributed by atoms with van der Waals surface area (Å²) < 4.78 is 30.6. The van der Waals surface area contributed by atoms with Crippen LogP contribution in [0.3, 0.4) is 0 Å². The van der Waals surface area contributed by atoms with Crippen LogP contribution in [0.5, 0.6) is 5.75 Å². The van der Waals surface area contributed by atoms with Gasteiger partial charge in [-0.25, -0.2) is 18.4 Å². The monoisotopic (exact) mass is 416 g/mol. The Morgan fingerprint density at radius 3 is 2.50 bits per heavy atom.